The van der Waals surface area contributed by atoms with E-state index < -0.39 is 17.6 Å². The molecule has 0 spiro atoms. The predicted octanol–water partition coefficient (Wildman–Crippen LogP) is 4.32. The number of alkyl halides is 3. The van der Waals surface area contributed by atoms with Crippen molar-refractivity contribution in [2.24, 2.45) is 0 Å². The Balaban J connectivity index is 1.77. The van der Waals surface area contributed by atoms with Gasteiger partial charge in [-0.2, -0.15) is 13.2 Å². The van der Waals surface area contributed by atoms with E-state index in [1.54, 1.807) is 12.1 Å². The van der Waals surface area contributed by atoms with Gasteiger partial charge in [0.05, 0.1) is 5.56 Å². The fourth-order valence-electron chi connectivity index (χ4n) is 2.09. The van der Waals surface area contributed by atoms with Crippen LogP contribution in [0.25, 0.3) is 11.5 Å². The van der Waals surface area contributed by atoms with Gasteiger partial charge in [0.1, 0.15) is 0 Å². The third-order valence-electron chi connectivity index (χ3n) is 3.37. The molecule has 2 aromatic carbocycles. The van der Waals surface area contributed by atoms with Crippen LogP contribution in [0.2, 0.25) is 0 Å². The molecule has 0 saturated carbocycles. The first-order chi connectivity index (χ1) is 11.8. The Kier molecular flexibility index (Phi) is 4.26. The lowest BCUT2D eigenvalue weighted by Gasteiger charge is -2.08. The number of hydrogen-bond donors (Lipinski definition) is 1. The zero-order chi connectivity index (χ0) is 18.0. The molecule has 1 aromatic heterocycles. The highest BCUT2D eigenvalue weighted by atomic mass is 19.4. The second-order valence-electron chi connectivity index (χ2n) is 5.31. The molecule has 128 valence electrons. The number of anilines is 1. The van der Waals surface area contributed by atoms with Gasteiger partial charge in [0.25, 0.3) is 0 Å². The number of benzene rings is 2. The third kappa shape index (κ3) is 3.85. The molecular formula is C17H12F3N3O2. The molecule has 0 aliphatic carbocycles. The second-order valence-corrected chi connectivity index (χ2v) is 5.31. The van der Waals surface area contributed by atoms with E-state index in [4.69, 9.17) is 4.42 Å². The van der Waals surface area contributed by atoms with Crippen molar-refractivity contribution < 1.29 is 22.4 Å². The number of carbonyl (C=O) groups excluding carboxylic acids is 1. The zero-order valence-electron chi connectivity index (χ0n) is 13.0. The maximum atomic E-state index is 12.7. The molecular weight excluding hydrogens is 335 g/mol. The predicted molar refractivity (Wildman–Crippen MR) is 83.9 cm³/mol. The molecule has 0 aliphatic heterocycles. The molecule has 1 amide bonds. The lowest BCUT2D eigenvalue weighted by molar-refractivity contribution is -0.137. The summed E-state index contributed by atoms with van der Waals surface area (Å²) in [4.78, 5) is 12.1. The van der Waals surface area contributed by atoms with E-state index >= 15 is 0 Å². The number of nitrogens with zero attached hydrogens (tertiary/aromatic N) is 2. The van der Waals surface area contributed by atoms with Gasteiger partial charge in [-0.05, 0) is 37.3 Å². The standard InChI is InChI=1S/C17H12F3N3O2/c1-10-5-7-11(8-6-10)15-22-23-16(25-15)14(24)21-13-4-2-3-12(9-13)17(18,19)20/h2-9H,1H3,(H,21,24). The van der Waals surface area contributed by atoms with Crippen LogP contribution in [0, 0.1) is 6.92 Å². The van der Waals surface area contributed by atoms with E-state index in [1.165, 1.54) is 12.1 Å². The average Bonchev–Trinajstić information content (AvgIpc) is 3.05. The van der Waals surface area contributed by atoms with E-state index in [2.05, 4.69) is 15.5 Å². The van der Waals surface area contributed by atoms with Crippen molar-refractivity contribution in [3.63, 3.8) is 0 Å². The summed E-state index contributed by atoms with van der Waals surface area (Å²) in [5.41, 5.74) is 0.799. The fraction of sp³-hybridized carbons (Fsp3) is 0.118. The van der Waals surface area contributed by atoms with Crippen molar-refractivity contribution in [1.82, 2.24) is 10.2 Å². The Bertz CT molecular complexity index is 902. The number of nitrogens with one attached hydrogen (secondary N) is 1. The first kappa shape index (κ1) is 16.7. The minimum atomic E-state index is -4.50. The van der Waals surface area contributed by atoms with Gasteiger partial charge in [0.15, 0.2) is 0 Å². The molecule has 3 aromatic rings. The van der Waals surface area contributed by atoms with E-state index in [0.29, 0.717) is 5.56 Å². The molecule has 0 unspecified atom stereocenters. The van der Waals surface area contributed by atoms with E-state index in [-0.39, 0.29) is 17.5 Å². The summed E-state index contributed by atoms with van der Waals surface area (Å²) in [6.45, 7) is 1.92. The summed E-state index contributed by atoms with van der Waals surface area (Å²) in [5.74, 6) is -0.979. The number of aromatic nitrogens is 2. The molecule has 0 aliphatic rings. The molecule has 0 radical (unpaired) electrons. The molecule has 0 saturated heterocycles. The molecule has 0 fully saturated rings. The molecule has 1 heterocycles. The van der Waals surface area contributed by atoms with Gasteiger partial charge in [-0.3, -0.25) is 4.79 Å². The maximum absolute atomic E-state index is 12.7. The van der Waals surface area contributed by atoms with Crippen molar-refractivity contribution in [3.05, 3.63) is 65.5 Å². The van der Waals surface area contributed by atoms with Gasteiger partial charge in [-0.25, -0.2) is 0 Å². The first-order valence-corrected chi connectivity index (χ1v) is 7.22. The molecule has 5 nitrogen and oxygen atoms in total. The summed E-state index contributed by atoms with van der Waals surface area (Å²) >= 11 is 0. The third-order valence-corrected chi connectivity index (χ3v) is 3.37. The maximum Gasteiger partial charge on any atom is 0.416 e. The average molecular weight is 347 g/mol. The number of carbonyl (C=O) groups is 1. The summed E-state index contributed by atoms with van der Waals surface area (Å²) in [7, 11) is 0. The Hall–Kier alpha value is -3.16. The highest BCUT2D eigenvalue weighted by Crippen LogP contribution is 2.30. The topological polar surface area (TPSA) is 68.0 Å². The minimum Gasteiger partial charge on any atom is -0.412 e. The van der Waals surface area contributed by atoms with Crippen molar-refractivity contribution in [3.8, 4) is 11.5 Å². The highest BCUT2D eigenvalue weighted by Gasteiger charge is 2.30. The SMILES string of the molecule is Cc1ccc(-c2nnc(C(=O)Nc3cccc(C(F)(F)F)c3)o2)cc1. The van der Waals surface area contributed by atoms with Crippen molar-refractivity contribution >= 4 is 11.6 Å². The quantitative estimate of drug-likeness (QED) is 0.766. The molecule has 3 rings (SSSR count). The molecule has 8 heteroatoms. The van der Waals surface area contributed by atoms with E-state index in [9.17, 15) is 18.0 Å². The second kappa shape index (κ2) is 6.39. The summed E-state index contributed by atoms with van der Waals surface area (Å²) < 4.78 is 43.4. The minimum absolute atomic E-state index is 0.0186. The Morgan fingerprint density at radius 1 is 1.08 bits per heavy atom. The van der Waals surface area contributed by atoms with Crippen molar-refractivity contribution in [2.75, 3.05) is 5.32 Å². The normalized spacial score (nSPS) is 11.4. The van der Waals surface area contributed by atoms with Gasteiger partial charge in [0.2, 0.25) is 5.89 Å². The molecule has 0 bridgehead atoms. The van der Waals surface area contributed by atoms with Crippen molar-refractivity contribution in [2.45, 2.75) is 13.1 Å². The molecule has 25 heavy (non-hydrogen) atoms. The van der Waals surface area contributed by atoms with Crippen LogP contribution in [0.15, 0.2) is 52.9 Å². The van der Waals surface area contributed by atoms with E-state index in [0.717, 1.165) is 17.7 Å². The van der Waals surface area contributed by atoms with Gasteiger partial charge in [0, 0.05) is 11.3 Å². The van der Waals surface area contributed by atoms with Crippen LogP contribution in [0.5, 0.6) is 0 Å². The number of hydrogen-bond acceptors (Lipinski definition) is 4. The van der Waals surface area contributed by atoms with Gasteiger partial charge in [-0.1, -0.05) is 23.8 Å². The Morgan fingerprint density at radius 2 is 1.80 bits per heavy atom. The smallest absolute Gasteiger partial charge is 0.412 e. The van der Waals surface area contributed by atoms with Crippen molar-refractivity contribution in [1.29, 1.82) is 0 Å². The lowest BCUT2D eigenvalue weighted by atomic mass is 10.1. The number of amides is 1. The van der Waals surface area contributed by atoms with Crippen LogP contribution in [0.3, 0.4) is 0 Å². The van der Waals surface area contributed by atoms with Crippen LogP contribution >= 0.6 is 0 Å². The van der Waals surface area contributed by atoms with Gasteiger partial charge < -0.3 is 9.73 Å². The monoisotopic (exact) mass is 347 g/mol. The zero-order valence-corrected chi connectivity index (χ0v) is 13.0. The lowest BCUT2D eigenvalue weighted by Crippen LogP contribution is -2.13. The van der Waals surface area contributed by atoms with Crippen LogP contribution in [-0.2, 0) is 6.18 Å². The number of rotatable bonds is 3. The molecule has 1 N–H and O–H groups in total. The largest absolute Gasteiger partial charge is 0.416 e. The van der Waals surface area contributed by atoms with Crippen LogP contribution in [0.4, 0.5) is 18.9 Å². The first-order valence-electron chi connectivity index (χ1n) is 7.22. The summed E-state index contributed by atoms with van der Waals surface area (Å²) in [5, 5.41) is 9.72. The Labute approximate surface area is 140 Å². The van der Waals surface area contributed by atoms with Gasteiger partial charge >= 0.3 is 18.0 Å². The van der Waals surface area contributed by atoms with Gasteiger partial charge in [-0.15, -0.1) is 10.2 Å². The fourth-order valence-corrected chi connectivity index (χ4v) is 2.09. The van der Waals surface area contributed by atoms with Crippen LogP contribution in [-0.4, -0.2) is 16.1 Å². The van der Waals surface area contributed by atoms with E-state index in [1.807, 2.05) is 19.1 Å². The van der Waals surface area contributed by atoms with Crippen LogP contribution in [0.1, 0.15) is 21.8 Å². The summed E-state index contributed by atoms with van der Waals surface area (Å²) in [6.07, 6.45) is -4.50. The highest BCUT2D eigenvalue weighted by molar-refractivity contribution is 6.01. The number of aryl methyl sites for hydroxylation is 1. The molecule has 0 atom stereocenters. The summed E-state index contributed by atoms with van der Waals surface area (Å²) in [6, 6.07) is 11.5. The van der Waals surface area contributed by atoms with Crippen LogP contribution < -0.4 is 5.32 Å². The number of halogens is 3. The Morgan fingerprint density at radius 3 is 2.48 bits per heavy atom.